The van der Waals surface area contributed by atoms with Gasteiger partial charge in [0.05, 0.1) is 37.1 Å². The molecule has 2 aliphatic rings. The smallest absolute Gasteiger partial charge is 0.323 e. The number of pyridine rings is 5. The number of anilines is 2. The molecule has 0 saturated carbocycles. The highest BCUT2D eigenvalue weighted by atomic mass is 16.5. The van der Waals surface area contributed by atoms with Gasteiger partial charge in [0.25, 0.3) is 0 Å². The van der Waals surface area contributed by atoms with E-state index in [1.165, 1.54) is 0 Å². The van der Waals surface area contributed by atoms with E-state index in [-0.39, 0.29) is 18.9 Å². The summed E-state index contributed by atoms with van der Waals surface area (Å²) in [4.78, 5) is 68.2. The van der Waals surface area contributed by atoms with Gasteiger partial charge >= 0.3 is 5.97 Å². The Labute approximate surface area is 334 Å². The number of aryl methyl sites for hydroxylation is 2. The molecule has 0 saturated heterocycles. The second-order valence-corrected chi connectivity index (χ2v) is 14.4. The van der Waals surface area contributed by atoms with Crippen molar-refractivity contribution in [3.8, 4) is 28.9 Å². The summed E-state index contributed by atoms with van der Waals surface area (Å²) >= 11 is 0. The number of methoxy groups -OCH3 is 1. The molecule has 0 amide bonds. The van der Waals surface area contributed by atoms with Gasteiger partial charge in [-0.05, 0) is 68.4 Å². The van der Waals surface area contributed by atoms with E-state index in [9.17, 15) is 9.59 Å². The summed E-state index contributed by atoms with van der Waals surface area (Å²) in [6.07, 6.45) is 14.6. The minimum atomic E-state index is -0.885. The Morgan fingerprint density at radius 2 is 1.22 bits per heavy atom. The fraction of sp³-hybridized carbons (Fsp3) is 0.279. The number of aromatic nitrogens is 9. The number of nitrogens with zero attached hydrogens (tertiary/aromatic N) is 11. The van der Waals surface area contributed by atoms with Crippen LogP contribution in [0.15, 0.2) is 79.5 Å². The van der Waals surface area contributed by atoms with Gasteiger partial charge in [-0.2, -0.15) is 0 Å². The molecule has 0 aliphatic heterocycles. The third-order valence-corrected chi connectivity index (χ3v) is 10.2. The van der Waals surface area contributed by atoms with Crippen LogP contribution in [-0.2, 0) is 41.7 Å². The zero-order chi connectivity index (χ0) is 40.2. The standard InChI is InChI=1S/C25H24N6O2.C18H17N5O2/c1-31(15-18(32)11-16-8-9-23(33-2)28-13-16)25-19-6-3-7-20(19)29-24(30-25)21-12-17-5-4-10-26-22(17)14-27-21;1-23(10-16(24)25)18-12-5-2-6-13(12)21-17(22-18)14-8-11-4-3-7-19-15(11)9-20-14/h4-5,8-10,12-14H,3,6-7,11,15H2,1-2H3;3-4,7-9H,2,5-6,10H2,1H3,(H,24,25). The van der Waals surface area contributed by atoms with Crippen LogP contribution in [0.5, 0.6) is 5.88 Å². The SMILES string of the molecule is CN(CC(=O)O)c1nc(-c2cc3cccnc3cn2)nc2c1CCC2.COc1ccc(CC(=O)CN(C)c2nc(-c3cc4cccnc4cn3)nc3c2CCC3)cn1. The molecule has 7 aromatic heterocycles. The molecule has 15 nitrogen and oxygen atoms in total. The lowest BCUT2D eigenvalue weighted by Crippen LogP contribution is -2.28. The summed E-state index contributed by atoms with van der Waals surface area (Å²) in [5.74, 6) is 2.34. The molecule has 15 heteroatoms. The quantitative estimate of drug-likeness (QED) is 0.178. The Balaban J connectivity index is 0.000000168. The first-order chi connectivity index (χ1) is 28.2. The molecule has 9 rings (SSSR count). The second kappa shape index (κ2) is 16.6. The average molecular weight is 776 g/mol. The summed E-state index contributed by atoms with van der Waals surface area (Å²) in [6.45, 7) is 0.155. The number of rotatable bonds is 11. The van der Waals surface area contributed by atoms with Gasteiger partial charge < -0.3 is 19.6 Å². The van der Waals surface area contributed by atoms with Crippen LogP contribution in [0.1, 0.15) is 40.9 Å². The molecule has 2 aliphatic carbocycles. The van der Waals surface area contributed by atoms with Crippen LogP contribution in [0.4, 0.5) is 11.6 Å². The monoisotopic (exact) mass is 775 g/mol. The van der Waals surface area contributed by atoms with Crippen molar-refractivity contribution in [3.05, 3.63) is 108 Å². The van der Waals surface area contributed by atoms with Crippen molar-refractivity contribution >= 4 is 45.2 Å². The normalized spacial score (nSPS) is 12.7. The first-order valence-electron chi connectivity index (χ1n) is 19.1. The largest absolute Gasteiger partial charge is 0.481 e. The molecule has 292 valence electrons. The summed E-state index contributed by atoms with van der Waals surface area (Å²) in [6, 6.07) is 15.3. The summed E-state index contributed by atoms with van der Waals surface area (Å²) in [5.41, 5.74) is 8.09. The fourth-order valence-electron chi connectivity index (χ4n) is 7.42. The first kappa shape index (κ1) is 37.9. The molecule has 1 N–H and O–H groups in total. The number of ketones is 1. The molecule has 0 unspecified atom stereocenters. The van der Waals surface area contributed by atoms with Gasteiger partial charge in [0.15, 0.2) is 17.4 Å². The van der Waals surface area contributed by atoms with Gasteiger partial charge in [-0.15, -0.1) is 0 Å². The number of ether oxygens (including phenoxy) is 1. The lowest BCUT2D eigenvalue weighted by Gasteiger charge is -2.21. The van der Waals surface area contributed by atoms with Crippen molar-refractivity contribution in [1.82, 2.24) is 44.9 Å². The van der Waals surface area contributed by atoms with E-state index < -0.39 is 5.97 Å². The Hall–Kier alpha value is -7.03. The minimum absolute atomic E-state index is 0.0891. The maximum Gasteiger partial charge on any atom is 0.323 e. The van der Waals surface area contributed by atoms with E-state index in [1.54, 1.807) is 56.1 Å². The minimum Gasteiger partial charge on any atom is -0.481 e. The number of carbonyl (C=O) groups is 2. The van der Waals surface area contributed by atoms with E-state index >= 15 is 0 Å². The number of fused-ring (bicyclic) bond motifs is 4. The maximum absolute atomic E-state index is 12.8. The van der Waals surface area contributed by atoms with Crippen molar-refractivity contribution in [3.63, 3.8) is 0 Å². The van der Waals surface area contributed by atoms with Crippen molar-refractivity contribution in [2.45, 2.75) is 44.9 Å². The number of carboxylic acids is 1. The van der Waals surface area contributed by atoms with Gasteiger partial charge in [-0.1, -0.05) is 18.2 Å². The average Bonchev–Trinajstić information content (AvgIpc) is 3.93. The predicted octanol–water partition coefficient (Wildman–Crippen LogP) is 5.32. The molecule has 7 heterocycles. The Kier molecular flexibility index (Phi) is 10.8. The van der Waals surface area contributed by atoms with Crippen molar-refractivity contribution in [1.29, 1.82) is 0 Å². The van der Waals surface area contributed by atoms with Crippen LogP contribution in [0.25, 0.3) is 44.8 Å². The zero-order valence-electron chi connectivity index (χ0n) is 32.5. The van der Waals surface area contributed by atoms with Crippen molar-refractivity contribution in [2.75, 3.05) is 44.1 Å². The van der Waals surface area contributed by atoms with Crippen LogP contribution in [0.3, 0.4) is 0 Å². The first-order valence-corrected chi connectivity index (χ1v) is 19.1. The van der Waals surface area contributed by atoms with Gasteiger partial charge in [-0.3, -0.25) is 29.5 Å². The lowest BCUT2D eigenvalue weighted by atomic mass is 10.1. The molecule has 0 fully saturated rings. The van der Waals surface area contributed by atoms with E-state index in [4.69, 9.17) is 19.8 Å². The number of Topliss-reactive ketones (excluding diaryl/α,β-unsaturated/α-hetero) is 1. The number of hydrogen-bond donors (Lipinski definition) is 1. The van der Waals surface area contributed by atoms with Gasteiger partial charge in [-0.25, -0.2) is 24.9 Å². The molecule has 0 spiro atoms. The van der Waals surface area contributed by atoms with Crippen LogP contribution in [-0.4, -0.2) is 96.0 Å². The highest BCUT2D eigenvalue weighted by Crippen LogP contribution is 2.32. The lowest BCUT2D eigenvalue weighted by molar-refractivity contribution is -0.135. The molecule has 0 bridgehead atoms. The van der Waals surface area contributed by atoms with Crippen LogP contribution < -0.4 is 14.5 Å². The van der Waals surface area contributed by atoms with E-state index in [2.05, 4.69) is 34.9 Å². The van der Waals surface area contributed by atoms with Gasteiger partial charge in [0.2, 0.25) is 5.88 Å². The molecule has 0 atom stereocenters. The van der Waals surface area contributed by atoms with Gasteiger partial charge in [0.1, 0.15) is 29.6 Å². The Morgan fingerprint density at radius 3 is 1.72 bits per heavy atom. The number of carbonyl (C=O) groups excluding carboxylic acids is 1. The van der Waals surface area contributed by atoms with E-state index in [0.29, 0.717) is 41.2 Å². The van der Waals surface area contributed by atoms with Crippen LogP contribution in [0, 0.1) is 0 Å². The molecular formula is C43H41N11O4. The molecular weight excluding hydrogens is 735 g/mol. The molecule has 0 aromatic carbocycles. The summed E-state index contributed by atoms with van der Waals surface area (Å²) in [7, 11) is 5.23. The third kappa shape index (κ3) is 8.24. The van der Waals surface area contributed by atoms with E-state index in [1.807, 2.05) is 54.4 Å². The molecule has 0 radical (unpaired) electrons. The number of aliphatic carboxylic acids is 1. The highest BCUT2D eigenvalue weighted by molar-refractivity contribution is 5.86. The highest BCUT2D eigenvalue weighted by Gasteiger charge is 2.25. The van der Waals surface area contributed by atoms with Gasteiger partial charge in [0, 0.05) is 78.5 Å². The Bertz CT molecular complexity index is 2660. The topological polar surface area (TPSA) is 186 Å². The van der Waals surface area contributed by atoms with Crippen molar-refractivity contribution in [2.24, 2.45) is 0 Å². The third-order valence-electron chi connectivity index (χ3n) is 10.2. The molecule has 7 aromatic rings. The maximum atomic E-state index is 12.8. The predicted molar refractivity (Wildman–Crippen MR) is 219 cm³/mol. The number of carboxylic acid groups (broad SMARTS) is 1. The second-order valence-electron chi connectivity index (χ2n) is 14.4. The molecule has 58 heavy (non-hydrogen) atoms. The van der Waals surface area contributed by atoms with Crippen LogP contribution >= 0.6 is 0 Å². The summed E-state index contributed by atoms with van der Waals surface area (Å²) in [5, 5.41) is 11.1. The number of likely N-dealkylation sites (N-methyl/N-ethyl adjacent to an activating group) is 2. The number of hydrogen-bond acceptors (Lipinski definition) is 14. The zero-order valence-corrected chi connectivity index (χ0v) is 32.5. The van der Waals surface area contributed by atoms with Crippen LogP contribution in [0.2, 0.25) is 0 Å². The van der Waals surface area contributed by atoms with Crippen molar-refractivity contribution < 1.29 is 19.4 Å². The fourth-order valence-corrected chi connectivity index (χ4v) is 7.42. The Morgan fingerprint density at radius 1 is 0.672 bits per heavy atom. The van der Waals surface area contributed by atoms with E-state index in [0.717, 1.165) is 94.2 Å². The summed E-state index contributed by atoms with van der Waals surface area (Å²) < 4.78 is 5.08.